The first-order chi connectivity index (χ1) is 9.15. The van der Waals surface area contributed by atoms with Crippen LogP contribution in [0, 0.1) is 18.8 Å². The van der Waals surface area contributed by atoms with Gasteiger partial charge in [-0.05, 0) is 48.9 Å². The lowest BCUT2D eigenvalue weighted by Gasteiger charge is -2.26. The van der Waals surface area contributed by atoms with E-state index in [9.17, 15) is 0 Å². The van der Waals surface area contributed by atoms with E-state index < -0.39 is 0 Å². The van der Waals surface area contributed by atoms with Gasteiger partial charge in [0, 0.05) is 11.0 Å². The molecule has 0 spiro atoms. The van der Waals surface area contributed by atoms with E-state index in [1.807, 2.05) is 0 Å². The van der Waals surface area contributed by atoms with Crippen molar-refractivity contribution in [3.05, 3.63) is 33.8 Å². The molecular formula is C17H26BrN. The largest absolute Gasteiger partial charge is 0.313 e. The Morgan fingerprint density at radius 2 is 1.95 bits per heavy atom. The molecule has 0 unspecified atom stereocenters. The summed E-state index contributed by atoms with van der Waals surface area (Å²) in [7, 11) is 0. The van der Waals surface area contributed by atoms with E-state index >= 15 is 0 Å². The van der Waals surface area contributed by atoms with Crippen LogP contribution in [0.2, 0.25) is 0 Å². The summed E-state index contributed by atoms with van der Waals surface area (Å²) in [6.07, 6.45) is 7.10. The standard InChI is InChI=1S/C17H26BrN/c1-13-3-6-15(7-4-13)9-10-19-12-16-8-5-14(2)11-17(16)18/h5,8,11,13,15,19H,3-4,6-7,9-10,12H2,1-2H3. The second kappa shape index (κ2) is 7.44. The molecular weight excluding hydrogens is 298 g/mol. The second-order valence-corrected chi connectivity index (χ2v) is 7.04. The molecule has 19 heavy (non-hydrogen) atoms. The van der Waals surface area contributed by atoms with Gasteiger partial charge in [0.05, 0.1) is 0 Å². The normalized spacial score (nSPS) is 23.5. The van der Waals surface area contributed by atoms with Crippen LogP contribution in [-0.4, -0.2) is 6.54 Å². The Morgan fingerprint density at radius 1 is 1.21 bits per heavy atom. The minimum absolute atomic E-state index is 0.963. The van der Waals surface area contributed by atoms with Crippen LogP contribution in [0.4, 0.5) is 0 Å². The molecule has 1 nitrogen and oxygen atoms in total. The Kier molecular flexibility index (Phi) is 5.90. The van der Waals surface area contributed by atoms with Gasteiger partial charge in [-0.1, -0.05) is 60.7 Å². The van der Waals surface area contributed by atoms with E-state index in [2.05, 4.69) is 53.3 Å². The van der Waals surface area contributed by atoms with Gasteiger partial charge < -0.3 is 5.32 Å². The SMILES string of the molecule is Cc1ccc(CNCCC2CCC(C)CC2)c(Br)c1. The van der Waals surface area contributed by atoms with Crippen molar-refractivity contribution in [3.8, 4) is 0 Å². The molecule has 1 saturated carbocycles. The van der Waals surface area contributed by atoms with Crippen molar-refractivity contribution in [3.63, 3.8) is 0 Å². The molecule has 0 atom stereocenters. The fourth-order valence-electron chi connectivity index (χ4n) is 2.94. The Labute approximate surface area is 126 Å². The van der Waals surface area contributed by atoms with Gasteiger partial charge in [0.2, 0.25) is 0 Å². The van der Waals surface area contributed by atoms with Crippen LogP contribution in [0.3, 0.4) is 0 Å². The summed E-state index contributed by atoms with van der Waals surface area (Å²) in [4.78, 5) is 0. The van der Waals surface area contributed by atoms with Crippen molar-refractivity contribution in [1.29, 1.82) is 0 Å². The molecule has 0 aromatic heterocycles. The third kappa shape index (κ3) is 4.92. The Bertz CT molecular complexity index is 394. The summed E-state index contributed by atoms with van der Waals surface area (Å²) in [5.41, 5.74) is 2.68. The molecule has 1 aliphatic carbocycles. The number of hydrogen-bond donors (Lipinski definition) is 1. The maximum Gasteiger partial charge on any atom is 0.0222 e. The lowest BCUT2D eigenvalue weighted by molar-refractivity contribution is 0.275. The van der Waals surface area contributed by atoms with Crippen molar-refractivity contribution in [2.45, 2.75) is 52.5 Å². The maximum absolute atomic E-state index is 3.64. The summed E-state index contributed by atoms with van der Waals surface area (Å²) in [6.45, 7) is 6.65. The fraction of sp³-hybridized carbons (Fsp3) is 0.647. The van der Waals surface area contributed by atoms with Crippen molar-refractivity contribution >= 4 is 15.9 Å². The number of aryl methyl sites for hydroxylation is 1. The third-order valence-corrected chi connectivity index (χ3v) is 5.13. The lowest BCUT2D eigenvalue weighted by Crippen LogP contribution is -2.20. The van der Waals surface area contributed by atoms with Gasteiger partial charge in [0.1, 0.15) is 0 Å². The highest BCUT2D eigenvalue weighted by atomic mass is 79.9. The van der Waals surface area contributed by atoms with Crippen LogP contribution in [0.15, 0.2) is 22.7 Å². The zero-order valence-corrected chi connectivity index (χ0v) is 13.8. The summed E-state index contributed by atoms with van der Waals surface area (Å²) < 4.78 is 1.23. The molecule has 2 heteroatoms. The van der Waals surface area contributed by atoms with Gasteiger partial charge in [-0.25, -0.2) is 0 Å². The molecule has 0 saturated heterocycles. The number of nitrogens with one attached hydrogen (secondary N) is 1. The zero-order valence-electron chi connectivity index (χ0n) is 12.2. The molecule has 1 fully saturated rings. The smallest absolute Gasteiger partial charge is 0.0222 e. The highest BCUT2D eigenvalue weighted by molar-refractivity contribution is 9.10. The molecule has 0 aliphatic heterocycles. The molecule has 0 amide bonds. The first-order valence-electron chi connectivity index (χ1n) is 7.61. The highest BCUT2D eigenvalue weighted by Gasteiger charge is 2.17. The second-order valence-electron chi connectivity index (χ2n) is 6.19. The molecule has 1 aromatic rings. The molecule has 0 bridgehead atoms. The quantitative estimate of drug-likeness (QED) is 0.746. The van der Waals surface area contributed by atoms with Crippen molar-refractivity contribution < 1.29 is 0 Å². The van der Waals surface area contributed by atoms with Crippen LogP contribution in [0.5, 0.6) is 0 Å². The van der Waals surface area contributed by atoms with Crippen molar-refractivity contribution in [1.82, 2.24) is 5.32 Å². The van der Waals surface area contributed by atoms with Crippen LogP contribution >= 0.6 is 15.9 Å². The summed E-state index contributed by atoms with van der Waals surface area (Å²) >= 11 is 3.64. The minimum Gasteiger partial charge on any atom is -0.313 e. The fourth-order valence-corrected chi connectivity index (χ4v) is 3.58. The topological polar surface area (TPSA) is 12.0 Å². The molecule has 0 radical (unpaired) electrons. The van der Waals surface area contributed by atoms with Crippen molar-refractivity contribution in [2.24, 2.45) is 11.8 Å². The van der Waals surface area contributed by atoms with Crippen LogP contribution < -0.4 is 5.32 Å². The molecule has 1 aromatic carbocycles. The van der Waals surface area contributed by atoms with E-state index in [1.54, 1.807) is 0 Å². The monoisotopic (exact) mass is 323 g/mol. The molecule has 0 heterocycles. The number of rotatable bonds is 5. The zero-order chi connectivity index (χ0) is 13.7. The van der Waals surface area contributed by atoms with Crippen LogP contribution in [0.1, 0.15) is 50.2 Å². The Morgan fingerprint density at radius 3 is 2.63 bits per heavy atom. The predicted molar refractivity (Wildman–Crippen MR) is 86.3 cm³/mol. The van der Waals surface area contributed by atoms with Gasteiger partial charge >= 0.3 is 0 Å². The van der Waals surface area contributed by atoms with Gasteiger partial charge in [0.15, 0.2) is 0 Å². The first-order valence-corrected chi connectivity index (χ1v) is 8.40. The summed E-state index contributed by atoms with van der Waals surface area (Å²) in [5, 5.41) is 3.59. The summed E-state index contributed by atoms with van der Waals surface area (Å²) in [5.74, 6) is 1.93. The number of benzene rings is 1. The number of halogens is 1. The molecule has 1 aliphatic rings. The minimum atomic E-state index is 0.963. The average molecular weight is 324 g/mol. The van der Waals surface area contributed by atoms with Crippen molar-refractivity contribution in [2.75, 3.05) is 6.54 Å². The van der Waals surface area contributed by atoms with Crippen LogP contribution in [-0.2, 0) is 6.54 Å². The first kappa shape index (κ1) is 15.1. The molecule has 106 valence electrons. The van der Waals surface area contributed by atoms with E-state index in [0.29, 0.717) is 0 Å². The van der Waals surface area contributed by atoms with Crippen LogP contribution in [0.25, 0.3) is 0 Å². The highest BCUT2D eigenvalue weighted by Crippen LogP contribution is 2.30. The summed E-state index contributed by atoms with van der Waals surface area (Å²) in [6, 6.07) is 6.60. The Balaban J connectivity index is 1.66. The van der Waals surface area contributed by atoms with E-state index in [1.165, 1.54) is 47.7 Å². The molecule has 2 rings (SSSR count). The lowest BCUT2D eigenvalue weighted by atomic mass is 9.81. The predicted octanol–water partition coefficient (Wildman–Crippen LogP) is 5.06. The third-order valence-electron chi connectivity index (χ3n) is 4.39. The van der Waals surface area contributed by atoms with Gasteiger partial charge in [-0.3, -0.25) is 0 Å². The van der Waals surface area contributed by atoms with Gasteiger partial charge in [-0.15, -0.1) is 0 Å². The number of hydrogen-bond acceptors (Lipinski definition) is 1. The van der Waals surface area contributed by atoms with E-state index in [-0.39, 0.29) is 0 Å². The van der Waals surface area contributed by atoms with E-state index in [0.717, 1.165) is 24.9 Å². The van der Waals surface area contributed by atoms with E-state index in [4.69, 9.17) is 0 Å². The average Bonchev–Trinajstić information content (AvgIpc) is 2.39. The van der Waals surface area contributed by atoms with Gasteiger partial charge in [-0.2, -0.15) is 0 Å². The van der Waals surface area contributed by atoms with Gasteiger partial charge in [0.25, 0.3) is 0 Å². The maximum atomic E-state index is 3.64. The Hall–Kier alpha value is -0.340. The molecule has 1 N–H and O–H groups in total.